The molecular formula is C14H16O4. The molecule has 0 amide bonds. The van der Waals surface area contributed by atoms with Crippen LogP contribution in [0.5, 0.6) is 0 Å². The van der Waals surface area contributed by atoms with E-state index in [2.05, 4.69) is 4.74 Å². The fourth-order valence-electron chi connectivity index (χ4n) is 1.75. The monoisotopic (exact) mass is 248 g/mol. The van der Waals surface area contributed by atoms with Gasteiger partial charge in [-0.2, -0.15) is 0 Å². The fraction of sp³-hybridized carbons (Fsp3) is 0.357. The maximum Gasteiger partial charge on any atom is 0.337 e. The van der Waals surface area contributed by atoms with E-state index in [9.17, 15) is 14.4 Å². The second-order valence-corrected chi connectivity index (χ2v) is 4.17. The van der Waals surface area contributed by atoms with Crippen molar-refractivity contribution in [2.75, 3.05) is 7.11 Å². The molecule has 0 saturated heterocycles. The van der Waals surface area contributed by atoms with Crippen molar-refractivity contribution in [1.29, 1.82) is 0 Å². The number of Topliss-reactive ketones (excluding diaryl/α,β-unsaturated/α-hetero) is 2. The summed E-state index contributed by atoms with van der Waals surface area (Å²) in [6.07, 6.45) is 0.315. The van der Waals surface area contributed by atoms with Crippen molar-refractivity contribution >= 4 is 17.5 Å². The van der Waals surface area contributed by atoms with Gasteiger partial charge in [0.25, 0.3) is 0 Å². The number of carbonyl (C=O) groups excluding carboxylic acids is 3. The number of ether oxygens (including phenoxy) is 1. The summed E-state index contributed by atoms with van der Waals surface area (Å²) in [5, 5.41) is 0. The molecule has 0 N–H and O–H groups in total. The van der Waals surface area contributed by atoms with E-state index >= 15 is 0 Å². The smallest absolute Gasteiger partial charge is 0.337 e. The number of hydrogen-bond donors (Lipinski definition) is 0. The molecule has 1 aromatic carbocycles. The Morgan fingerprint density at radius 1 is 1.17 bits per heavy atom. The van der Waals surface area contributed by atoms with Crippen LogP contribution in [0.4, 0.5) is 0 Å². The molecule has 96 valence electrons. The van der Waals surface area contributed by atoms with Gasteiger partial charge in [-0.25, -0.2) is 4.79 Å². The lowest BCUT2D eigenvalue weighted by molar-refractivity contribution is -0.130. The van der Waals surface area contributed by atoms with Crippen LogP contribution in [0.1, 0.15) is 29.8 Å². The minimum Gasteiger partial charge on any atom is -0.465 e. The number of benzene rings is 1. The molecule has 0 saturated carbocycles. The Kier molecular flexibility index (Phi) is 4.77. The first-order valence-electron chi connectivity index (χ1n) is 5.64. The lowest BCUT2D eigenvalue weighted by Gasteiger charge is -2.10. The van der Waals surface area contributed by atoms with E-state index in [1.165, 1.54) is 21.0 Å². The highest BCUT2D eigenvalue weighted by molar-refractivity contribution is 6.00. The minimum absolute atomic E-state index is 0.161. The van der Waals surface area contributed by atoms with Gasteiger partial charge < -0.3 is 4.74 Å². The van der Waals surface area contributed by atoms with Crippen molar-refractivity contribution in [2.24, 2.45) is 5.92 Å². The third kappa shape index (κ3) is 3.52. The second kappa shape index (κ2) is 6.10. The molecular weight excluding hydrogens is 232 g/mol. The van der Waals surface area contributed by atoms with Gasteiger partial charge in [0.1, 0.15) is 11.6 Å². The van der Waals surface area contributed by atoms with E-state index in [0.29, 0.717) is 12.0 Å². The maximum atomic E-state index is 11.4. The summed E-state index contributed by atoms with van der Waals surface area (Å²) in [6, 6.07) is 6.76. The molecule has 0 aliphatic heterocycles. The van der Waals surface area contributed by atoms with Gasteiger partial charge in [-0.3, -0.25) is 9.59 Å². The van der Waals surface area contributed by atoms with Gasteiger partial charge in [0, 0.05) is 0 Å². The van der Waals surface area contributed by atoms with Gasteiger partial charge in [0.05, 0.1) is 18.6 Å². The number of hydrogen-bond acceptors (Lipinski definition) is 4. The standard InChI is InChI=1S/C14H16O4/c1-9(15)13(10(2)16)8-11-5-4-6-12(7-11)14(17)18-3/h4-7,13H,8H2,1-3H3. The zero-order valence-corrected chi connectivity index (χ0v) is 10.7. The van der Waals surface area contributed by atoms with Crippen LogP contribution in [0.2, 0.25) is 0 Å². The molecule has 4 heteroatoms. The number of carbonyl (C=O) groups is 3. The molecule has 0 unspecified atom stereocenters. The second-order valence-electron chi connectivity index (χ2n) is 4.17. The predicted molar refractivity (Wildman–Crippen MR) is 66.3 cm³/mol. The van der Waals surface area contributed by atoms with Gasteiger partial charge in [-0.1, -0.05) is 12.1 Å². The molecule has 0 aliphatic rings. The minimum atomic E-state index is -0.641. The van der Waals surface area contributed by atoms with E-state index in [1.807, 2.05) is 0 Å². The Bertz CT molecular complexity index is 462. The molecule has 18 heavy (non-hydrogen) atoms. The zero-order valence-electron chi connectivity index (χ0n) is 10.7. The van der Waals surface area contributed by atoms with Crippen LogP contribution in [-0.2, 0) is 20.7 Å². The Morgan fingerprint density at radius 3 is 2.28 bits per heavy atom. The van der Waals surface area contributed by atoms with Gasteiger partial charge in [0.2, 0.25) is 0 Å². The molecule has 1 rings (SSSR count). The molecule has 0 fully saturated rings. The SMILES string of the molecule is COC(=O)c1cccc(CC(C(C)=O)C(C)=O)c1. The van der Waals surface area contributed by atoms with E-state index in [1.54, 1.807) is 24.3 Å². The van der Waals surface area contributed by atoms with Crippen LogP contribution < -0.4 is 0 Å². The Morgan fingerprint density at radius 2 is 1.78 bits per heavy atom. The Hall–Kier alpha value is -1.97. The highest BCUT2D eigenvalue weighted by Crippen LogP contribution is 2.13. The van der Waals surface area contributed by atoms with E-state index < -0.39 is 11.9 Å². The first-order valence-corrected chi connectivity index (χ1v) is 5.64. The van der Waals surface area contributed by atoms with Crippen LogP contribution in [0.25, 0.3) is 0 Å². The average Bonchev–Trinajstić information content (AvgIpc) is 2.34. The first-order chi connectivity index (χ1) is 8.45. The third-order valence-corrected chi connectivity index (χ3v) is 2.77. The largest absolute Gasteiger partial charge is 0.465 e. The molecule has 0 bridgehead atoms. The summed E-state index contributed by atoms with van der Waals surface area (Å²) in [5.74, 6) is -1.39. The van der Waals surface area contributed by atoms with Crippen molar-refractivity contribution in [2.45, 2.75) is 20.3 Å². The normalized spacial score (nSPS) is 10.2. The van der Waals surface area contributed by atoms with Crippen LogP contribution in [0.15, 0.2) is 24.3 Å². The molecule has 0 atom stereocenters. The average molecular weight is 248 g/mol. The van der Waals surface area contributed by atoms with Crippen molar-refractivity contribution < 1.29 is 19.1 Å². The van der Waals surface area contributed by atoms with E-state index in [4.69, 9.17) is 0 Å². The van der Waals surface area contributed by atoms with Gasteiger partial charge in [-0.15, -0.1) is 0 Å². The molecule has 0 aromatic heterocycles. The summed E-state index contributed by atoms with van der Waals surface area (Å²) in [4.78, 5) is 34.1. The summed E-state index contributed by atoms with van der Waals surface area (Å²) in [7, 11) is 1.31. The number of methoxy groups -OCH3 is 1. The molecule has 4 nitrogen and oxygen atoms in total. The van der Waals surface area contributed by atoms with Crippen LogP contribution in [0, 0.1) is 5.92 Å². The topological polar surface area (TPSA) is 60.4 Å². The first kappa shape index (κ1) is 14.1. The van der Waals surface area contributed by atoms with E-state index in [-0.39, 0.29) is 11.6 Å². The molecule has 0 aliphatic carbocycles. The lowest BCUT2D eigenvalue weighted by Crippen LogP contribution is -2.22. The Balaban J connectivity index is 2.94. The van der Waals surface area contributed by atoms with Gasteiger partial charge in [-0.05, 0) is 38.0 Å². The van der Waals surface area contributed by atoms with Crippen molar-refractivity contribution in [3.05, 3.63) is 35.4 Å². The number of rotatable bonds is 5. The summed E-state index contributed by atoms with van der Waals surface area (Å²) >= 11 is 0. The van der Waals surface area contributed by atoms with Gasteiger partial charge >= 0.3 is 5.97 Å². The number of esters is 1. The quantitative estimate of drug-likeness (QED) is 0.589. The van der Waals surface area contributed by atoms with Gasteiger partial charge in [0.15, 0.2) is 0 Å². The lowest BCUT2D eigenvalue weighted by atomic mass is 9.92. The fourth-order valence-corrected chi connectivity index (χ4v) is 1.75. The van der Waals surface area contributed by atoms with Crippen LogP contribution in [-0.4, -0.2) is 24.6 Å². The molecule has 0 heterocycles. The van der Waals surface area contributed by atoms with Crippen molar-refractivity contribution in [1.82, 2.24) is 0 Å². The van der Waals surface area contributed by atoms with Crippen molar-refractivity contribution in [3.63, 3.8) is 0 Å². The summed E-state index contributed by atoms with van der Waals surface area (Å²) < 4.78 is 4.62. The highest BCUT2D eigenvalue weighted by Gasteiger charge is 2.20. The predicted octanol–water partition coefficient (Wildman–Crippen LogP) is 1.81. The zero-order chi connectivity index (χ0) is 13.7. The maximum absolute atomic E-state index is 11.4. The van der Waals surface area contributed by atoms with Crippen LogP contribution in [0.3, 0.4) is 0 Å². The molecule has 0 radical (unpaired) electrons. The summed E-state index contributed by atoms with van der Waals surface area (Å²) in [5.41, 5.74) is 1.19. The Labute approximate surface area is 106 Å². The third-order valence-electron chi connectivity index (χ3n) is 2.77. The summed E-state index contributed by atoms with van der Waals surface area (Å²) in [6.45, 7) is 2.80. The van der Waals surface area contributed by atoms with E-state index in [0.717, 1.165) is 5.56 Å². The molecule has 0 spiro atoms. The number of ketones is 2. The highest BCUT2D eigenvalue weighted by atomic mass is 16.5. The van der Waals surface area contributed by atoms with Crippen LogP contribution >= 0.6 is 0 Å². The van der Waals surface area contributed by atoms with Crippen molar-refractivity contribution in [3.8, 4) is 0 Å². The molecule has 1 aromatic rings.